The van der Waals surface area contributed by atoms with Crippen LogP contribution < -0.4 is 16.5 Å². The number of carbonyl (C=O) groups excluding carboxylic acids is 2. The van der Waals surface area contributed by atoms with Crippen LogP contribution in [0.15, 0.2) is 23.0 Å². The summed E-state index contributed by atoms with van der Waals surface area (Å²) < 4.78 is 28.4. The highest BCUT2D eigenvalue weighted by molar-refractivity contribution is 6.00. The standard InChI is InChI=1S/C20H20F2N4O4/c1-2-25-8-11-6-13(23)15-14(17(27)18(28)16(20(25)30)26(11)15)19(29)24-7-9-3-4-10(21)5-12(9)22/h3-5,11,13,28H,2,6-8,23H2,1H3,(H,24,29)/t11-,13+/m0/s1. The predicted molar refractivity (Wildman–Crippen MR) is 102 cm³/mol. The molecule has 0 saturated carbocycles. The Labute approximate surface area is 169 Å². The molecule has 4 N–H and O–H groups in total. The van der Waals surface area contributed by atoms with Gasteiger partial charge >= 0.3 is 0 Å². The van der Waals surface area contributed by atoms with Gasteiger partial charge in [0.15, 0.2) is 11.4 Å². The number of hydrogen-bond donors (Lipinski definition) is 3. The lowest BCUT2D eigenvalue weighted by Gasteiger charge is -2.33. The number of hydrogen-bond acceptors (Lipinski definition) is 5. The quantitative estimate of drug-likeness (QED) is 0.689. The molecule has 10 heteroatoms. The first kappa shape index (κ1) is 20.0. The van der Waals surface area contributed by atoms with Crippen molar-refractivity contribution in [3.63, 3.8) is 0 Å². The molecule has 2 aliphatic heterocycles. The van der Waals surface area contributed by atoms with E-state index in [1.165, 1.54) is 15.5 Å². The van der Waals surface area contributed by atoms with Crippen molar-refractivity contribution in [1.29, 1.82) is 0 Å². The number of amides is 2. The fourth-order valence-electron chi connectivity index (χ4n) is 4.22. The number of aromatic nitrogens is 1. The molecule has 0 fully saturated rings. The summed E-state index contributed by atoms with van der Waals surface area (Å²) in [6.07, 6.45) is 0.395. The van der Waals surface area contributed by atoms with Crippen LogP contribution in [0.2, 0.25) is 0 Å². The molecule has 0 saturated heterocycles. The second-order valence-corrected chi connectivity index (χ2v) is 7.41. The number of halogens is 2. The number of carbonyl (C=O) groups is 2. The number of pyridine rings is 1. The van der Waals surface area contributed by atoms with Crippen LogP contribution >= 0.6 is 0 Å². The third kappa shape index (κ3) is 2.95. The highest BCUT2D eigenvalue weighted by Gasteiger charge is 2.43. The Morgan fingerprint density at radius 2 is 2.07 bits per heavy atom. The number of rotatable bonds is 4. The Balaban J connectivity index is 1.75. The molecule has 1 aromatic heterocycles. The molecule has 2 aliphatic rings. The van der Waals surface area contributed by atoms with Gasteiger partial charge in [-0.25, -0.2) is 8.78 Å². The average molecular weight is 418 g/mol. The van der Waals surface area contributed by atoms with E-state index in [2.05, 4.69) is 5.32 Å². The predicted octanol–water partition coefficient (Wildman–Crippen LogP) is 1.18. The van der Waals surface area contributed by atoms with Gasteiger partial charge in [-0.05, 0) is 19.4 Å². The third-order valence-electron chi connectivity index (χ3n) is 5.65. The molecule has 0 radical (unpaired) electrons. The van der Waals surface area contributed by atoms with Crippen molar-refractivity contribution in [2.24, 2.45) is 5.73 Å². The molecule has 1 aromatic carbocycles. The van der Waals surface area contributed by atoms with E-state index in [0.717, 1.165) is 6.07 Å². The summed E-state index contributed by atoms with van der Waals surface area (Å²) >= 11 is 0. The van der Waals surface area contributed by atoms with Gasteiger partial charge in [0.1, 0.15) is 17.2 Å². The van der Waals surface area contributed by atoms with Crippen molar-refractivity contribution >= 4 is 11.8 Å². The molecule has 30 heavy (non-hydrogen) atoms. The SMILES string of the molecule is CCN1C[C@@H]2C[C@@H](N)c3c(C(=O)NCc4ccc(F)cc4F)c(=O)c(O)c(n32)C1=O. The number of likely N-dealkylation sites (N-methyl/N-ethyl adjacent to an activating group) is 1. The van der Waals surface area contributed by atoms with Gasteiger partial charge in [0.25, 0.3) is 11.8 Å². The number of benzene rings is 1. The highest BCUT2D eigenvalue weighted by atomic mass is 19.1. The summed E-state index contributed by atoms with van der Waals surface area (Å²) in [5.41, 5.74) is 4.86. The van der Waals surface area contributed by atoms with E-state index >= 15 is 0 Å². The van der Waals surface area contributed by atoms with E-state index in [4.69, 9.17) is 5.73 Å². The number of nitrogens with two attached hydrogens (primary N) is 1. The molecule has 2 aromatic rings. The fraction of sp³-hybridized carbons (Fsp3) is 0.350. The van der Waals surface area contributed by atoms with Crippen LogP contribution in [-0.2, 0) is 6.54 Å². The average Bonchev–Trinajstić information content (AvgIpc) is 3.02. The number of aromatic hydroxyl groups is 1. The van der Waals surface area contributed by atoms with E-state index in [0.29, 0.717) is 25.6 Å². The molecular formula is C20H20F2N4O4. The van der Waals surface area contributed by atoms with Crippen molar-refractivity contribution in [3.8, 4) is 5.75 Å². The Bertz CT molecular complexity index is 1130. The zero-order chi connectivity index (χ0) is 21.7. The molecule has 2 atom stereocenters. The van der Waals surface area contributed by atoms with Gasteiger partial charge in [0, 0.05) is 37.3 Å². The molecule has 158 valence electrons. The van der Waals surface area contributed by atoms with Crippen LogP contribution in [0.3, 0.4) is 0 Å². The molecule has 3 heterocycles. The van der Waals surface area contributed by atoms with E-state index in [-0.39, 0.29) is 35.1 Å². The van der Waals surface area contributed by atoms with Crippen molar-refractivity contribution in [2.75, 3.05) is 13.1 Å². The molecule has 4 rings (SSSR count). The van der Waals surface area contributed by atoms with Crippen LogP contribution in [0.25, 0.3) is 0 Å². The van der Waals surface area contributed by atoms with Crippen LogP contribution in [-0.4, -0.2) is 39.5 Å². The smallest absolute Gasteiger partial charge is 0.274 e. The first-order valence-electron chi connectivity index (χ1n) is 9.52. The topological polar surface area (TPSA) is 118 Å². The Morgan fingerprint density at radius 3 is 2.73 bits per heavy atom. The largest absolute Gasteiger partial charge is 0.503 e. The summed E-state index contributed by atoms with van der Waals surface area (Å²) in [5, 5.41) is 12.9. The van der Waals surface area contributed by atoms with E-state index in [9.17, 15) is 28.3 Å². The van der Waals surface area contributed by atoms with Gasteiger partial charge in [-0.1, -0.05) is 6.07 Å². The summed E-state index contributed by atoms with van der Waals surface area (Å²) in [6.45, 7) is 2.24. The van der Waals surface area contributed by atoms with Gasteiger partial charge in [0.2, 0.25) is 5.43 Å². The lowest BCUT2D eigenvalue weighted by molar-refractivity contribution is 0.0675. The second kappa shape index (κ2) is 7.21. The summed E-state index contributed by atoms with van der Waals surface area (Å²) in [6, 6.07) is 1.97. The number of nitrogens with one attached hydrogen (secondary N) is 1. The minimum Gasteiger partial charge on any atom is -0.503 e. The Morgan fingerprint density at radius 1 is 1.33 bits per heavy atom. The van der Waals surface area contributed by atoms with Gasteiger partial charge in [-0.2, -0.15) is 0 Å². The van der Waals surface area contributed by atoms with Gasteiger partial charge in [0.05, 0.1) is 11.7 Å². The molecule has 0 spiro atoms. The maximum atomic E-state index is 13.8. The minimum atomic E-state index is -1.00. The maximum Gasteiger partial charge on any atom is 0.274 e. The molecule has 8 nitrogen and oxygen atoms in total. The van der Waals surface area contributed by atoms with Crippen molar-refractivity contribution < 1.29 is 23.5 Å². The third-order valence-corrected chi connectivity index (χ3v) is 5.65. The van der Waals surface area contributed by atoms with Crippen molar-refractivity contribution in [3.05, 3.63) is 62.6 Å². The molecular weight excluding hydrogens is 398 g/mol. The van der Waals surface area contributed by atoms with Gasteiger partial charge < -0.3 is 25.6 Å². The molecule has 2 amide bonds. The normalized spacial score (nSPS) is 19.7. The minimum absolute atomic E-state index is 0.0272. The Hall–Kier alpha value is -3.27. The van der Waals surface area contributed by atoms with Crippen LogP contribution in [0.1, 0.15) is 57.5 Å². The van der Waals surface area contributed by atoms with Crippen molar-refractivity contribution in [2.45, 2.75) is 32.0 Å². The fourth-order valence-corrected chi connectivity index (χ4v) is 4.22. The Kier molecular flexibility index (Phi) is 4.81. The van der Waals surface area contributed by atoms with E-state index < -0.39 is 40.7 Å². The first-order valence-corrected chi connectivity index (χ1v) is 9.52. The lowest BCUT2D eigenvalue weighted by Crippen LogP contribution is -2.44. The maximum absolute atomic E-state index is 13.8. The van der Waals surface area contributed by atoms with Crippen LogP contribution in [0.4, 0.5) is 8.78 Å². The van der Waals surface area contributed by atoms with Gasteiger partial charge in [-0.15, -0.1) is 0 Å². The van der Waals surface area contributed by atoms with E-state index in [1.807, 2.05) is 0 Å². The monoisotopic (exact) mass is 418 g/mol. The van der Waals surface area contributed by atoms with Crippen LogP contribution in [0, 0.1) is 11.6 Å². The summed E-state index contributed by atoms with van der Waals surface area (Å²) in [5.74, 6) is -3.76. The zero-order valence-electron chi connectivity index (χ0n) is 16.1. The molecule has 0 unspecified atom stereocenters. The zero-order valence-corrected chi connectivity index (χ0v) is 16.1. The highest BCUT2D eigenvalue weighted by Crippen LogP contribution is 2.40. The van der Waals surface area contributed by atoms with Gasteiger partial charge in [-0.3, -0.25) is 14.4 Å². The second-order valence-electron chi connectivity index (χ2n) is 7.41. The first-order chi connectivity index (χ1) is 14.2. The van der Waals surface area contributed by atoms with Crippen molar-refractivity contribution in [1.82, 2.24) is 14.8 Å². The van der Waals surface area contributed by atoms with Crippen LogP contribution in [0.5, 0.6) is 5.75 Å². The summed E-state index contributed by atoms with van der Waals surface area (Å²) in [7, 11) is 0. The number of nitrogens with zero attached hydrogens (tertiary/aromatic N) is 2. The molecule has 0 aliphatic carbocycles. The molecule has 0 bridgehead atoms. The summed E-state index contributed by atoms with van der Waals surface area (Å²) in [4.78, 5) is 39.8. The van der Waals surface area contributed by atoms with E-state index in [1.54, 1.807) is 6.92 Å². The lowest BCUT2D eigenvalue weighted by atomic mass is 10.0.